The molecule has 0 amide bonds. The van der Waals surface area contributed by atoms with E-state index >= 15 is 4.39 Å². The molecule has 0 aliphatic heterocycles. The molecule has 3 aliphatic rings. The summed E-state index contributed by atoms with van der Waals surface area (Å²) in [5.41, 5.74) is 0. The summed E-state index contributed by atoms with van der Waals surface area (Å²) in [5, 5.41) is 0. The SMILES string of the molecule is C=CC(=O)OCCCCCCOC1CCC(C(=O)OC2CCC(CCC3CCC(CCCCC)CC3)CC2F)CC1. The van der Waals surface area contributed by atoms with Gasteiger partial charge in [-0.25, -0.2) is 9.18 Å². The third-order valence-corrected chi connectivity index (χ3v) is 10.1. The van der Waals surface area contributed by atoms with Gasteiger partial charge in [0.1, 0.15) is 12.3 Å². The average Bonchev–Trinajstić information content (AvgIpc) is 2.99. The van der Waals surface area contributed by atoms with E-state index in [1.165, 1.54) is 63.9 Å². The second kappa shape index (κ2) is 19.7. The Morgan fingerprint density at radius 1 is 0.756 bits per heavy atom. The van der Waals surface area contributed by atoms with Crippen molar-refractivity contribution in [3.63, 3.8) is 0 Å². The van der Waals surface area contributed by atoms with Gasteiger partial charge in [-0.15, -0.1) is 0 Å². The number of ether oxygens (including phenoxy) is 3. The van der Waals surface area contributed by atoms with Gasteiger partial charge in [0, 0.05) is 12.7 Å². The van der Waals surface area contributed by atoms with E-state index in [1.54, 1.807) is 0 Å². The van der Waals surface area contributed by atoms with E-state index in [9.17, 15) is 9.59 Å². The van der Waals surface area contributed by atoms with Crippen molar-refractivity contribution in [2.24, 2.45) is 23.7 Å². The van der Waals surface area contributed by atoms with E-state index in [-0.39, 0.29) is 24.0 Å². The first-order valence-corrected chi connectivity index (χ1v) is 17.2. The summed E-state index contributed by atoms with van der Waals surface area (Å²) in [6.07, 6.45) is 22.6. The van der Waals surface area contributed by atoms with E-state index in [2.05, 4.69) is 13.5 Å². The zero-order valence-corrected chi connectivity index (χ0v) is 26.0. The number of unbranched alkanes of at least 4 members (excludes halogenated alkanes) is 5. The smallest absolute Gasteiger partial charge is 0.330 e. The van der Waals surface area contributed by atoms with Crippen molar-refractivity contribution >= 4 is 11.9 Å². The van der Waals surface area contributed by atoms with Crippen LogP contribution in [0.25, 0.3) is 0 Å². The van der Waals surface area contributed by atoms with Crippen LogP contribution in [0.3, 0.4) is 0 Å². The summed E-state index contributed by atoms with van der Waals surface area (Å²) in [7, 11) is 0. The van der Waals surface area contributed by atoms with Gasteiger partial charge in [-0.2, -0.15) is 0 Å². The van der Waals surface area contributed by atoms with Crippen LogP contribution in [0.5, 0.6) is 0 Å². The summed E-state index contributed by atoms with van der Waals surface area (Å²) < 4.78 is 31.8. The van der Waals surface area contributed by atoms with Crippen molar-refractivity contribution in [1.82, 2.24) is 0 Å². The predicted molar refractivity (Wildman–Crippen MR) is 162 cm³/mol. The van der Waals surface area contributed by atoms with Crippen LogP contribution in [-0.4, -0.2) is 43.5 Å². The lowest BCUT2D eigenvalue weighted by Crippen LogP contribution is -2.37. The highest BCUT2D eigenvalue weighted by Gasteiger charge is 2.36. The highest BCUT2D eigenvalue weighted by Crippen LogP contribution is 2.38. The average molecular weight is 579 g/mol. The Morgan fingerprint density at radius 2 is 1.39 bits per heavy atom. The van der Waals surface area contributed by atoms with Crippen molar-refractivity contribution in [3.05, 3.63) is 12.7 Å². The molecule has 236 valence electrons. The van der Waals surface area contributed by atoms with Crippen molar-refractivity contribution in [2.75, 3.05) is 13.2 Å². The fraction of sp³-hybridized carbons (Fsp3) is 0.886. The van der Waals surface area contributed by atoms with Crippen LogP contribution in [0.2, 0.25) is 0 Å². The van der Waals surface area contributed by atoms with E-state index in [0.29, 0.717) is 25.4 Å². The quantitative estimate of drug-likeness (QED) is 0.0922. The van der Waals surface area contributed by atoms with Crippen LogP contribution in [-0.2, 0) is 23.8 Å². The topological polar surface area (TPSA) is 61.8 Å². The van der Waals surface area contributed by atoms with Gasteiger partial charge >= 0.3 is 11.9 Å². The van der Waals surface area contributed by atoms with Gasteiger partial charge < -0.3 is 14.2 Å². The number of carbonyl (C=O) groups is 2. The van der Waals surface area contributed by atoms with Gasteiger partial charge in [0.2, 0.25) is 0 Å². The monoisotopic (exact) mass is 578 g/mol. The molecule has 41 heavy (non-hydrogen) atoms. The molecule has 0 saturated heterocycles. The Morgan fingerprint density at radius 3 is 2.05 bits per heavy atom. The van der Waals surface area contributed by atoms with E-state index < -0.39 is 12.3 Å². The predicted octanol–water partition coefficient (Wildman–Crippen LogP) is 9.07. The highest BCUT2D eigenvalue weighted by atomic mass is 19.1. The molecule has 6 heteroatoms. The summed E-state index contributed by atoms with van der Waals surface area (Å²) >= 11 is 0. The number of carbonyl (C=O) groups excluding carboxylic acids is 2. The summed E-state index contributed by atoms with van der Waals surface area (Å²) in [4.78, 5) is 23.8. The van der Waals surface area contributed by atoms with Crippen LogP contribution in [0.1, 0.15) is 142 Å². The van der Waals surface area contributed by atoms with Gasteiger partial charge in [-0.05, 0) is 82.0 Å². The van der Waals surface area contributed by atoms with E-state index in [1.807, 2.05) is 0 Å². The third kappa shape index (κ3) is 13.2. The molecular formula is C35H59FO5. The second-order valence-electron chi connectivity index (χ2n) is 13.3. The molecule has 3 saturated carbocycles. The number of esters is 2. The van der Waals surface area contributed by atoms with Gasteiger partial charge in [-0.3, -0.25) is 4.79 Å². The van der Waals surface area contributed by atoms with Gasteiger partial charge in [0.25, 0.3) is 0 Å². The molecule has 0 N–H and O–H groups in total. The summed E-state index contributed by atoms with van der Waals surface area (Å²) in [6.45, 7) is 6.83. The number of alkyl halides is 1. The Bertz CT molecular complexity index is 741. The Kier molecular flexibility index (Phi) is 16.4. The number of rotatable bonds is 18. The highest BCUT2D eigenvalue weighted by molar-refractivity contribution is 5.81. The maximum absolute atomic E-state index is 15.1. The normalized spacial score (nSPS) is 30.4. The maximum Gasteiger partial charge on any atom is 0.330 e. The minimum atomic E-state index is -1.01. The molecule has 0 aromatic rings. The standard InChI is InChI=1S/C35H59FO5/c1-3-5-8-11-27-12-14-28(15-13-27)16-17-29-18-23-33(32(36)26-29)41-35(38)30-19-21-31(22-20-30)39-24-9-6-7-10-25-40-34(37)4-2/h4,27-33H,2-3,5-26H2,1H3. The Labute approximate surface area is 249 Å². The van der Waals surface area contributed by atoms with Crippen molar-refractivity contribution in [1.29, 1.82) is 0 Å². The first kappa shape index (κ1) is 34.1. The minimum absolute atomic E-state index is 0.116. The van der Waals surface area contributed by atoms with Crippen LogP contribution < -0.4 is 0 Å². The molecule has 3 unspecified atom stereocenters. The van der Waals surface area contributed by atoms with Crippen LogP contribution in [0, 0.1) is 23.7 Å². The number of hydrogen-bond donors (Lipinski definition) is 0. The van der Waals surface area contributed by atoms with E-state index in [4.69, 9.17) is 14.2 Å². The molecule has 3 atom stereocenters. The molecule has 5 nitrogen and oxygen atoms in total. The van der Waals surface area contributed by atoms with Crippen molar-refractivity contribution < 1.29 is 28.2 Å². The Hall–Kier alpha value is -1.43. The molecule has 3 aliphatic carbocycles. The molecule has 0 spiro atoms. The number of halogens is 1. The fourth-order valence-corrected chi connectivity index (χ4v) is 7.28. The zero-order chi connectivity index (χ0) is 29.3. The largest absolute Gasteiger partial charge is 0.463 e. The first-order chi connectivity index (χ1) is 20.0. The zero-order valence-electron chi connectivity index (χ0n) is 26.0. The lowest BCUT2D eigenvalue weighted by atomic mass is 9.75. The molecular weight excluding hydrogens is 519 g/mol. The minimum Gasteiger partial charge on any atom is -0.463 e. The molecule has 0 radical (unpaired) electrons. The van der Waals surface area contributed by atoms with Crippen LogP contribution >= 0.6 is 0 Å². The summed E-state index contributed by atoms with van der Waals surface area (Å²) in [5.74, 6) is 1.56. The first-order valence-electron chi connectivity index (χ1n) is 17.2. The third-order valence-electron chi connectivity index (χ3n) is 10.1. The molecule has 0 heterocycles. The molecule has 3 rings (SSSR count). The van der Waals surface area contributed by atoms with Gasteiger partial charge in [0.05, 0.1) is 18.6 Å². The van der Waals surface area contributed by atoms with Gasteiger partial charge in [0.15, 0.2) is 0 Å². The van der Waals surface area contributed by atoms with Crippen LogP contribution in [0.4, 0.5) is 4.39 Å². The fourth-order valence-electron chi connectivity index (χ4n) is 7.28. The molecule has 0 aromatic carbocycles. The van der Waals surface area contributed by atoms with E-state index in [0.717, 1.165) is 82.7 Å². The maximum atomic E-state index is 15.1. The molecule has 0 bridgehead atoms. The van der Waals surface area contributed by atoms with Crippen LogP contribution in [0.15, 0.2) is 12.7 Å². The molecule has 3 fully saturated rings. The summed E-state index contributed by atoms with van der Waals surface area (Å²) in [6, 6.07) is 0. The second-order valence-corrected chi connectivity index (χ2v) is 13.3. The molecule has 0 aromatic heterocycles. The van der Waals surface area contributed by atoms with Crippen molar-refractivity contribution in [3.8, 4) is 0 Å². The lowest BCUT2D eigenvalue weighted by molar-refractivity contribution is -0.162. The lowest BCUT2D eigenvalue weighted by Gasteiger charge is -2.34. The Balaban J connectivity index is 1.20. The number of hydrogen-bond acceptors (Lipinski definition) is 5. The van der Waals surface area contributed by atoms with Crippen molar-refractivity contribution in [2.45, 2.75) is 160 Å². The van der Waals surface area contributed by atoms with Gasteiger partial charge in [-0.1, -0.05) is 84.1 Å².